The molecule has 3 heteroatoms. The molecule has 0 saturated heterocycles. The average Bonchev–Trinajstić information content (AvgIpc) is 2.87. The zero-order valence-electron chi connectivity index (χ0n) is 8.93. The van der Waals surface area contributed by atoms with Gasteiger partial charge >= 0.3 is 0 Å². The maximum absolute atomic E-state index is 13.4. The zero-order valence-corrected chi connectivity index (χ0v) is 8.93. The SMILES string of the molecule is Cc1ccc(F)c(C(=O)NC2(C)CC2)c1. The summed E-state index contributed by atoms with van der Waals surface area (Å²) in [7, 11) is 0. The zero-order chi connectivity index (χ0) is 11.1. The van der Waals surface area contributed by atoms with Crippen LogP contribution in [0.4, 0.5) is 4.39 Å². The van der Waals surface area contributed by atoms with E-state index in [1.54, 1.807) is 12.1 Å². The number of benzene rings is 1. The first-order chi connectivity index (χ1) is 7.00. The number of rotatable bonds is 2. The largest absolute Gasteiger partial charge is 0.347 e. The molecule has 1 N–H and O–H groups in total. The lowest BCUT2D eigenvalue weighted by atomic mass is 10.1. The molecule has 0 aromatic heterocycles. The van der Waals surface area contributed by atoms with E-state index in [2.05, 4.69) is 5.32 Å². The summed E-state index contributed by atoms with van der Waals surface area (Å²) in [6, 6.07) is 4.57. The maximum Gasteiger partial charge on any atom is 0.254 e. The van der Waals surface area contributed by atoms with Gasteiger partial charge in [-0.15, -0.1) is 0 Å². The molecule has 0 bridgehead atoms. The second kappa shape index (κ2) is 3.33. The van der Waals surface area contributed by atoms with Crippen LogP contribution in [0.2, 0.25) is 0 Å². The van der Waals surface area contributed by atoms with Gasteiger partial charge in [0.05, 0.1) is 5.56 Å². The molecule has 1 aliphatic carbocycles. The van der Waals surface area contributed by atoms with Crippen LogP contribution in [0.25, 0.3) is 0 Å². The smallest absolute Gasteiger partial charge is 0.254 e. The van der Waals surface area contributed by atoms with Gasteiger partial charge in [0.1, 0.15) is 5.82 Å². The van der Waals surface area contributed by atoms with Gasteiger partial charge in [-0.1, -0.05) is 11.6 Å². The summed E-state index contributed by atoms with van der Waals surface area (Å²) in [5.41, 5.74) is 0.929. The Bertz CT molecular complexity index is 410. The lowest BCUT2D eigenvalue weighted by molar-refractivity contribution is 0.0931. The molecule has 2 nitrogen and oxygen atoms in total. The van der Waals surface area contributed by atoms with E-state index in [1.807, 2.05) is 13.8 Å². The van der Waals surface area contributed by atoms with E-state index in [0.717, 1.165) is 18.4 Å². The van der Waals surface area contributed by atoms with Gasteiger partial charge in [0.25, 0.3) is 5.91 Å². The van der Waals surface area contributed by atoms with Crippen molar-refractivity contribution in [3.63, 3.8) is 0 Å². The van der Waals surface area contributed by atoms with Gasteiger partial charge in [-0.25, -0.2) is 4.39 Å². The minimum Gasteiger partial charge on any atom is -0.347 e. The molecule has 2 rings (SSSR count). The average molecular weight is 207 g/mol. The van der Waals surface area contributed by atoms with Crippen molar-refractivity contribution < 1.29 is 9.18 Å². The second-order valence-electron chi connectivity index (χ2n) is 4.50. The molecule has 80 valence electrons. The van der Waals surface area contributed by atoms with Crippen LogP contribution in [0.1, 0.15) is 35.7 Å². The van der Waals surface area contributed by atoms with Gasteiger partial charge in [0, 0.05) is 5.54 Å². The third kappa shape index (κ3) is 2.17. The molecule has 1 aromatic carbocycles. The van der Waals surface area contributed by atoms with Crippen LogP contribution in [0, 0.1) is 12.7 Å². The van der Waals surface area contributed by atoms with Gasteiger partial charge in [-0.05, 0) is 38.8 Å². The van der Waals surface area contributed by atoms with Crippen molar-refractivity contribution in [2.45, 2.75) is 32.2 Å². The second-order valence-corrected chi connectivity index (χ2v) is 4.50. The van der Waals surface area contributed by atoms with E-state index < -0.39 is 5.82 Å². The van der Waals surface area contributed by atoms with E-state index >= 15 is 0 Å². The van der Waals surface area contributed by atoms with Gasteiger partial charge < -0.3 is 5.32 Å². The molecule has 1 saturated carbocycles. The molecule has 0 aliphatic heterocycles. The molecule has 0 heterocycles. The Hall–Kier alpha value is -1.38. The normalized spacial score (nSPS) is 17.3. The third-order valence-electron chi connectivity index (χ3n) is 2.78. The Labute approximate surface area is 88.5 Å². The van der Waals surface area contributed by atoms with Crippen molar-refractivity contribution in [1.82, 2.24) is 5.32 Å². The Kier molecular flexibility index (Phi) is 2.25. The predicted molar refractivity (Wildman–Crippen MR) is 56.2 cm³/mol. The fourth-order valence-electron chi connectivity index (χ4n) is 1.47. The van der Waals surface area contributed by atoms with E-state index in [9.17, 15) is 9.18 Å². The van der Waals surface area contributed by atoms with Crippen LogP contribution in [-0.2, 0) is 0 Å². The van der Waals surface area contributed by atoms with E-state index in [0.29, 0.717) is 0 Å². The van der Waals surface area contributed by atoms with Crippen molar-refractivity contribution in [2.75, 3.05) is 0 Å². The molecular formula is C12H14FNO. The Balaban J connectivity index is 2.21. The molecule has 1 amide bonds. The van der Waals surface area contributed by atoms with E-state index in [-0.39, 0.29) is 17.0 Å². The van der Waals surface area contributed by atoms with Gasteiger partial charge in [0.15, 0.2) is 0 Å². The minimum absolute atomic E-state index is 0.104. The van der Waals surface area contributed by atoms with Crippen molar-refractivity contribution in [2.24, 2.45) is 0 Å². The van der Waals surface area contributed by atoms with Gasteiger partial charge in [-0.2, -0.15) is 0 Å². The lowest BCUT2D eigenvalue weighted by Crippen LogP contribution is -2.34. The van der Waals surface area contributed by atoms with E-state index in [4.69, 9.17) is 0 Å². The molecule has 15 heavy (non-hydrogen) atoms. The number of amides is 1. The first-order valence-corrected chi connectivity index (χ1v) is 5.09. The highest BCUT2D eigenvalue weighted by Crippen LogP contribution is 2.34. The monoisotopic (exact) mass is 207 g/mol. The quantitative estimate of drug-likeness (QED) is 0.792. The highest BCUT2D eigenvalue weighted by atomic mass is 19.1. The molecule has 0 spiro atoms. The summed E-state index contributed by atoms with van der Waals surface area (Å²) in [5, 5.41) is 2.84. The summed E-state index contributed by atoms with van der Waals surface area (Å²) < 4.78 is 13.4. The lowest BCUT2D eigenvalue weighted by Gasteiger charge is -2.12. The van der Waals surface area contributed by atoms with Crippen molar-refractivity contribution in [1.29, 1.82) is 0 Å². The number of halogens is 1. The first kappa shape index (κ1) is 10.1. The van der Waals surface area contributed by atoms with Crippen molar-refractivity contribution in [3.8, 4) is 0 Å². The summed E-state index contributed by atoms with van der Waals surface area (Å²) in [5.74, 6) is -0.765. The maximum atomic E-state index is 13.4. The Morgan fingerprint density at radius 2 is 2.13 bits per heavy atom. The molecular weight excluding hydrogens is 193 g/mol. The predicted octanol–water partition coefficient (Wildman–Crippen LogP) is 2.42. The van der Waals surface area contributed by atoms with E-state index in [1.165, 1.54) is 6.07 Å². The van der Waals surface area contributed by atoms with Crippen LogP contribution in [0.3, 0.4) is 0 Å². The molecule has 0 atom stereocenters. The molecule has 1 fully saturated rings. The number of carbonyl (C=O) groups excluding carboxylic acids is 1. The fraction of sp³-hybridized carbons (Fsp3) is 0.417. The Morgan fingerprint density at radius 1 is 1.47 bits per heavy atom. The molecule has 1 aliphatic rings. The minimum atomic E-state index is -0.456. The van der Waals surface area contributed by atoms with Gasteiger partial charge in [-0.3, -0.25) is 4.79 Å². The standard InChI is InChI=1S/C12H14FNO/c1-8-3-4-10(13)9(7-8)11(15)14-12(2)5-6-12/h3-4,7H,5-6H2,1-2H3,(H,14,15). The van der Waals surface area contributed by atoms with Crippen LogP contribution in [0.15, 0.2) is 18.2 Å². The fourth-order valence-corrected chi connectivity index (χ4v) is 1.47. The van der Waals surface area contributed by atoms with Crippen LogP contribution >= 0.6 is 0 Å². The number of nitrogens with one attached hydrogen (secondary N) is 1. The number of hydrogen-bond donors (Lipinski definition) is 1. The van der Waals surface area contributed by atoms with Crippen molar-refractivity contribution >= 4 is 5.91 Å². The summed E-state index contributed by atoms with van der Waals surface area (Å²) >= 11 is 0. The molecule has 0 radical (unpaired) electrons. The summed E-state index contributed by atoms with van der Waals surface area (Å²) in [4.78, 5) is 11.7. The van der Waals surface area contributed by atoms with Crippen molar-refractivity contribution in [3.05, 3.63) is 35.1 Å². The summed E-state index contributed by atoms with van der Waals surface area (Å²) in [6.45, 7) is 3.81. The number of aryl methyl sites for hydroxylation is 1. The highest BCUT2D eigenvalue weighted by molar-refractivity contribution is 5.95. The van der Waals surface area contributed by atoms with Crippen LogP contribution in [0.5, 0.6) is 0 Å². The topological polar surface area (TPSA) is 29.1 Å². The van der Waals surface area contributed by atoms with Gasteiger partial charge in [0.2, 0.25) is 0 Å². The number of hydrogen-bond acceptors (Lipinski definition) is 1. The third-order valence-corrected chi connectivity index (χ3v) is 2.78. The molecule has 0 unspecified atom stereocenters. The van der Waals surface area contributed by atoms with Crippen LogP contribution in [-0.4, -0.2) is 11.4 Å². The highest BCUT2D eigenvalue weighted by Gasteiger charge is 2.39. The first-order valence-electron chi connectivity index (χ1n) is 5.09. The molecule has 1 aromatic rings. The summed E-state index contributed by atoms with van der Waals surface area (Å²) in [6.07, 6.45) is 1.96. The number of carbonyl (C=O) groups is 1. The van der Waals surface area contributed by atoms with Crippen LogP contribution < -0.4 is 5.32 Å². The Morgan fingerprint density at radius 3 is 2.73 bits per heavy atom.